The van der Waals surface area contributed by atoms with Crippen molar-refractivity contribution in [3.05, 3.63) is 53.2 Å². The lowest BCUT2D eigenvalue weighted by Crippen LogP contribution is -2.36. The van der Waals surface area contributed by atoms with Crippen LogP contribution in [0, 0.1) is 0 Å². The van der Waals surface area contributed by atoms with E-state index in [9.17, 15) is 0 Å². The average molecular weight is 511 g/mol. The fraction of sp³-hybridized carbons (Fsp3) is 0.545. The summed E-state index contributed by atoms with van der Waals surface area (Å²) >= 11 is 0. The normalized spacial score (nSPS) is 15.2. The first kappa shape index (κ1) is 23.7. The summed E-state index contributed by atoms with van der Waals surface area (Å²) in [7, 11) is 1.77. The van der Waals surface area contributed by atoms with E-state index in [1.807, 2.05) is 0 Å². The number of halogens is 1. The second-order valence-electron chi connectivity index (χ2n) is 8.45. The fourth-order valence-corrected chi connectivity index (χ4v) is 3.27. The van der Waals surface area contributed by atoms with Crippen molar-refractivity contribution in [2.75, 3.05) is 20.1 Å². The van der Waals surface area contributed by atoms with Gasteiger partial charge in [-0.2, -0.15) is 0 Å². The highest BCUT2D eigenvalue weighted by molar-refractivity contribution is 14.0. The monoisotopic (exact) mass is 511 g/mol. The Bertz CT molecular complexity index is 773. The molecule has 1 aliphatic rings. The molecule has 1 aromatic carbocycles. The quantitative estimate of drug-likeness (QED) is 0.348. The van der Waals surface area contributed by atoms with E-state index < -0.39 is 0 Å². The minimum absolute atomic E-state index is 0. The number of aromatic nitrogens is 1. The molecule has 29 heavy (non-hydrogen) atoms. The number of oxazole rings is 1. The maximum Gasteiger partial charge on any atom is 0.213 e. The molecule has 0 atom stereocenters. The smallest absolute Gasteiger partial charge is 0.213 e. The lowest BCUT2D eigenvalue weighted by Gasteiger charge is -2.15. The Morgan fingerprint density at radius 3 is 2.28 bits per heavy atom. The van der Waals surface area contributed by atoms with Crippen molar-refractivity contribution in [1.82, 2.24) is 20.5 Å². The van der Waals surface area contributed by atoms with Gasteiger partial charge in [-0.3, -0.25) is 9.89 Å². The van der Waals surface area contributed by atoms with Gasteiger partial charge in [-0.1, -0.05) is 45.0 Å². The first-order valence-electron chi connectivity index (χ1n) is 10.1. The van der Waals surface area contributed by atoms with E-state index in [2.05, 4.69) is 70.5 Å². The molecule has 1 fully saturated rings. The van der Waals surface area contributed by atoms with Gasteiger partial charge in [0.2, 0.25) is 5.89 Å². The summed E-state index contributed by atoms with van der Waals surface area (Å²) in [6.07, 6.45) is 4.47. The summed E-state index contributed by atoms with van der Waals surface area (Å²) in [4.78, 5) is 11.1. The van der Waals surface area contributed by atoms with Gasteiger partial charge in [0.1, 0.15) is 5.76 Å². The Labute approximate surface area is 191 Å². The summed E-state index contributed by atoms with van der Waals surface area (Å²) < 4.78 is 5.81. The molecule has 1 aromatic heterocycles. The number of hydrogen-bond acceptors (Lipinski definition) is 4. The third kappa shape index (κ3) is 7.29. The van der Waals surface area contributed by atoms with Crippen LogP contribution in [0.15, 0.2) is 39.9 Å². The van der Waals surface area contributed by atoms with Crippen molar-refractivity contribution in [3.63, 3.8) is 0 Å². The number of aliphatic imine (C=N–C) groups is 1. The van der Waals surface area contributed by atoms with E-state index in [-0.39, 0.29) is 29.4 Å². The zero-order valence-corrected chi connectivity index (χ0v) is 20.3. The SMILES string of the molecule is CN=C(NCc1ccc(CN2CCCC2)cc1)NCc1ncc(C(C)(C)C)o1.I. The van der Waals surface area contributed by atoms with Gasteiger partial charge in [0.15, 0.2) is 5.96 Å². The van der Waals surface area contributed by atoms with Gasteiger partial charge in [-0.15, -0.1) is 24.0 Å². The molecule has 2 N–H and O–H groups in total. The lowest BCUT2D eigenvalue weighted by molar-refractivity contribution is 0.331. The summed E-state index contributed by atoms with van der Waals surface area (Å²) in [5.74, 6) is 2.29. The van der Waals surface area contributed by atoms with Crippen LogP contribution in [0.4, 0.5) is 0 Å². The van der Waals surface area contributed by atoms with E-state index in [4.69, 9.17) is 4.42 Å². The largest absolute Gasteiger partial charge is 0.443 e. The molecule has 3 rings (SSSR count). The van der Waals surface area contributed by atoms with Crippen molar-refractivity contribution in [2.45, 2.75) is 58.7 Å². The minimum atomic E-state index is -0.0356. The van der Waals surface area contributed by atoms with Crippen molar-refractivity contribution < 1.29 is 4.42 Å². The molecule has 0 bridgehead atoms. The number of nitrogens with one attached hydrogen (secondary N) is 2. The van der Waals surface area contributed by atoms with E-state index >= 15 is 0 Å². The number of benzene rings is 1. The molecule has 0 amide bonds. The van der Waals surface area contributed by atoms with Crippen LogP contribution in [0.2, 0.25) is 0 Å². The molecule has 2 heterocycles. The molecule has 7 heteroatoms. The van der Waals surface area contributed by atoms with Crippen molar-refractivity contribution >= 4 is 29.9 Å². The summed E-state index contributed by atoms with van der Waals surface area (Å²) in [6.45, 7) is 11.1. The topological polar surface area (TPSA) is 65.7 Å². The summed E-state index contributed by atoms with van der Waals surface area (Å²) in [6, 6.07) is 8.84. The van der Waals surface area contributed by atoms with Gasteiger partial charge >= 0.3 is 0 Å². The minimum Gasteiger partial charge on any atom is -0.443 e. The zero-order valence-electron chi connectivity index (χ0n) is 18.0. The molecule has 0 saturated carbocycles. The number of hydrogen-bond donors (Lipinski definition) is 2. The highest BCUT2D eigenvalue weighted by Gasteiger charge is 2.19. The molecular weight excluding hydrogens is 477 g/mol. The Morgan fingerprint density at radius 2 is 1.69 bits per heavy atom. The van der Waals surface area contributed by atoms with Crippen molar-refractivity contribution in [1.29, 1.82) is 0 Å². The van der Waals surface area contributed by atoms with Gasteiger partial charge in [-0.25, -0.2) is 4.98 Å². The molecule has 1 saturated heterocycles. The highest BCUT2D eigenvalue weighted by atomic mass is 127. The van der Waals surface area contributed by atoms with E-state index in [0.717, 1.165) is 24.8 Å². The molecule has 160 valence electrons. The molecule has 1 aliphatic heterocycles. The van der Waals surface area contributed by atoms with Crippen LogP contribution < -0.4 is 10.6 Å². The third-order valence-corrected chi connectivity index (χ3v) is 5.01. The molecule has 6 nitrogen and oxygen atoms in total. The lowest BCUT2D eigenvalue weighted by atomic mass is 9.94. The maximum absolute atomic E-state index is 5.81. The third-order valence-electron chi connectivity index (χ3n) is 5.01. The Hall–Kier alpha value is -1.61. The first-order valence-corrected chi connectivity index (χ1v) is 10.1. The van der Waals surface area contributed by atoms with Crippen LogP contribution >= 0.6 is 24.0 Å². The van der Waals surface area contributed by atoms with Crippen molar-refractivity contribution in [2.24, 2.45) is 4.99 Å². The number of rotatable bonds is 6. The number of nitrogens with zero attached hydrogens (tertiary/aromatic N) is 3. The highest BCUT2D eigenvalue weighted by Crippen LogP contribution is 2.22. The van der Waals surface area contributed by atoms with Gasteiger partial charge in [0.05, 0.1) is 12.7 Å². The molecule has 0 aliphatic carbocycles. The van der Waals surface area contributed by atoms with E-state index in [0.29, 0.717) is 12.4 Å². The summed E-state index contributed by atoms with van der Waals surface area (Å²) in [5, 5.41) is 6.60. The van der Waals surface area contributed by atoms with Crippen LogP contribution in [0.25, 0.3) is 0 Å². The number of likely N-dealkylation sites (tertiary alicyclic amines) is 1. The van der Waals surface area contributed by atoms with E-state index in [1.165, 1.54) is 37.1 Å². The summed E-state index contributed by atoms with van der Waals surface area (Å²) in [5.41, 5.74) is 2.58. The maximum atomic E-state index is 5.81. The van der Waals surface area contributed by atoms with Crippen LogP contribution in [0.1, 0.15) is 56.4 Å². The molecular formula is C22H34IN5O. The molecule has 0 spiro atoms. The molecule has 0 unspecified atom stereocenters. The Morgan fingerprint density at radius 1 is 1.07 bits per heavy atom. The Balaban J connectivity index is 0.00000300. The first-order chi connectivity index (χ1) is 13.4. The van der Waals surface area contributed by atoms with Crippen LogP contribution in [-0.4, -0.2) is 36.0 Å². The Kier molecular flexibility index (Phi) is 8.95. The average Bonchev–Trinajstić information content (AvgIpc) is 3.35. The van der Waals surface area contributed by atoms with Crippen LogP contribution in [0.5, 0.6) is 0 Å². The van der Waals surface area contributed by atoms with Gasteiger partial charge in [0, 0.05) is 25.6 Å². The van der Waals surface area contributed by atoms with Gasteiger partial charge in [-0.05, 0) is 37.1 Å². The fourth-order valence-electron chi connectivity index (χ4n) is 3.27. The van der Waals surface area contributed by atoms with Crippen LogP contribution in [0.3, 0.4) is 0 Å². The zero-order chi connectivity index (χ0) is 20.0. The second kappa shape index (κ2) is 11.0. The van der Waals surface area contributed by atoms with E-state index in [1.54, 1.807) is 13.2 Å². The second-order valence-corrected chi connectivity index (χ2v) is 8.45. The molecule has 2 aromatic rings. The molecule has 0 radical (unpaired) electrons. The number of guanidine groups is 1. The standard InChI is InChI=1S/C22H33N5O.HI/c1-22(2,3)19-14-24-20(28-19)15-26-21(23-4)25-13-17-7-9-18(10-8-17)16-27-11-5-6-12-27;/h7-10,14H,5-6,11-13,15-16H2,1-4H3,(H2,23,25,26);1H. The van der Waals surface area contributed by atoms with Crippen molar-refractivity contribution in [3.8, 4) is 0 Å². The van der Waals surface area contributed by atoms with Gasteiger partial charge in [0.25, 0.3) is 0 Å². The van der Waals surface area contributed by atoms with Crippen LogP contribution in [-0.2, 0) is 25.0 Å². The predicted octanol–water partition coefficient (Wildman–Crippen LogP) is 4.05. The predicted molar refractivity (Wildman–Crippen MR) is 129 cm³/mol. The van der Waals surface area contributed by atoms with Gasteiger partial charge < -0.3 is 15.1 Å².